The summed E-state index contributed by atoms with van der Waals surface area (Å²) in [6, 6.07) is 4.37. The summed E-state index contributed by atoms with van der Waals surface area (Å²) in [7, 11) is 0.816. The first kappa shape index (κ1) is 8.61. The minimum Gasteiger partial charge on any atom is -0.133 e. The first-order chi connectivity index (χ1) is 6.24. The van der Waals surface area contributed by atoms with Crippen LogP contribution in [0.25, 0.3) is 9.75 Å². The molecule has 0 spiro atoms. The number of thiophene rings is 2. The topological polar surface area (TPSA) is 0 Å². The van der Waals surface area contributed by atoms with Gasteiger partial charge in [-0.05, 0) is 22.5 Å². The van der Waals surface area contributed by atoms with E-state index in [0.717, 1.165) is 17.9 Å². The van der Waals surface area contributed by atoms with Crippen molar-refractivity contribution >= 4 is 67.8 Å². The number of hydrogen-bond donors (Lipinski definition) is 2. The second-order valence-corrected chi connectivity index (χ2v) is 7.78. The molecule has 13 heavy (non-hydrogen) atoms. The third-order valence-corrected chi connectivity index (χ3v) is 6.45. The first-order valence-electron chi connectivity index (χ1n) is 3.67. The van der Waals surface area contributed by atoms with E-state index >= 15 is 0 Å². The molecule has 64 valence electrons. The summed E-state index contributed by atoms with van der Waals surface area (Å²) in [5.41, 5.74) is 0. The minimum atomic E-state index is 0.816. The van der Waals surface area contributed by atoms with Crippen molar-refractivity contribution in [2.75, 3.05) is 0 Å². The highest BCUT2D eigenvalue weighted by Crippen LogP contribution is 2.35. The van der Waals surface area contributed by atoms with Gasteiger partial charge in [-0.25, -0.2) is 0 Å². The van der Waals surface area contributed by atoms with Crippen LogP contribution in [0.5, 0.6) is 0 Å². The molecule has 0 aromatic carbocycles. The third-order valence-electron chi connectivity index (χ3n) is 1.91. The second-order valence-electron chi connectivity index (χ2n) is 2.78. The Labute approximate surface area is 97.6 Å². The predicted molar refractivity (Wildman–Crippen MR) is 67.2 cm³/mol. The van der Waals surface area contributed by atoms with E-state index in [4.69, 9.17) is 0 Å². The van der Waals surface area contributed by atoms with Gasteiger partial charge in [0.2, 0.25) is 0 Å². The molecule has 3 heterocycles. The van der Waals surface area contributed by atoms with Crippen LogP contribution >= 0.6 is 47.9 Å². The maximum Gasteiger partial charge on any atom is 0.125 e. The Bertz CT molecular complexity index is 438. The Morgan fingerprint density at radius 2 is 1.38 bits per heavy atom. The Kier molecular flexibility index (Phi) is 1.92. The van der Waals surface area contributed by atoms with E-state index < -0.39 is 0 Å². The maximum absolute atomic E-state index is 4.37. The smallest absolute Gasteiger partial charge is 0.125 e. The van der Waals surface area contributed by atoms with Crippen molar-refractivity contribution in [3.05, 3.63) is 12.1 Å². The van der Waals surface area contributed by atoms with Gasteiger partial charge in [0.15, 0.2) is 0 Å². The van der Waals surface area contributed by atoms with Crippen LogP contribution in [0.4, 0.5) is 0 Å². The zero-order valence-electron chi connectivity index (χ0n) is 6.37. The van der Waals surface area contributed by atoms with Crippen molar-refractivity contribution in [3.8, 4) is 9.75 Å². The van der Waals surface area contributed by atoms with Crippen LogP contribution < -0.4 is 10.4 Å². The predicted octanol–water partition coefficient (Wildman–Crippen LogP) is 2.02. The van der Waals surface area contributed by atoms with Gasteiger partial charge in [-0.3, -0.25) is 0 Å². The van der Waals surface area contributed by atoms with Crippen LogP contribution in [0.1, 0.15) is 0 Å². The van der Waals surface area contributed by atoms with Crippen LogP contribution in [0, 0.1) is 0 Å². The Morgan fingerprint density at radius 3 is 1.85 bits per heavy atom. The summed E-state index contributed by atoms with van der Waals surface area (Å²) in [6.45, 7) is 0. The zero-order chi connectivity index (χ0) is 9.00. The molecule has 5 heteroatoms. The van der Waals surface area contributed by atoms with Gasteiger partial charge in [0.25, 0.3) is 0 Å². The molecule has 2 radical (unpaired) electrons. The number of rotatable bonds is 0. The molecule has 0 N–H and O–H groups in total. The quantitative estimate of drug-likeness (QED) is 0.446. The SMILES string of the molecule is Sc1cc2c(s1)-c1sc(S)cc1[Si]2. The van der Waals surface area contributed by atoms with Gasteiger partial charge in [0.05, 0.1) is 8.42 Å². The van der Waals surface area contributed by atoms with Gasteiger partial charge >= 0.3 is 0 Å². The van der Waals surface area contributed by atoms with E-state index in [0.29, 0.717) is 0 Å². The van der Waals surface area contributed by atoms with Gasteiger partial charge in [0, 0.05) is 9.75 Å². The Morgan fingerprint density at radius 1 is 0.923 bits per heavy atom. The Balaban J connectivity index is 2.28. The fourth-order valence-electron chi connectivity index (χ4n) is 1.42. The highest BCUT2D eigenvalue weighted by Gasteiger charge is 2.24. The Hall–Kier alpha value is 0.317. The molecule has 0 bridgehead atoms. The minimum absolute atomic E-state index is 0.816. The molecule has 0 saturated heterocycles. The molecular weight excluding hydrogens is 252 g/mol. The lowest BCUT2D eigenvalue weighted by molar-refractivity contribution is 1.79. The highest BCUT2D eigenvalue weighted by molar-refractivity contribution is 7.83. The van der Waals surface area contributed by atoms with Crippen molar-refractivity contribution in [3.63, 3.8) is 0 Å². The van der Waals surface area contributed by atoms with Crippen LogP contribution in [0.2, 0.25) is 0 Å². The largest absolute Gasteiger partial charge is 0.133 e. The molecule has 0 amide bonds. The highest BCUT2D eigenvalue weighted by atomic mass is 32.2. The summed E-state index contributed by atoms with van der Waals surface area (Å²) in [5, 5.41) is 2.93. The van der Waals surface area contributed by atoms with Gasteiger partial charge in [0.1, 0.15) is 9.52 Å². The van der Waals surface area contributed by atoms with Crippen molar-refractivity contribution in [2.24, 2.45) is 0 Å². The molecule has 0 atom stereocenters. The van der Waals surface area contributed by atoms with E-state index in [1.165, 1.54) is 20.1 Å². The summed E-state index contributed by atoms with van der Waals surface area (Å²) in [4.78, 5) is 2.84. The molecule has 0 unspecified atom stereocenters. The number of thiol groups is 2. The lowest BCUT2D eigenvalue weighted by Gasteiger charge is -1.86. The van der Waals surface area contributed by atoms with Crippen molar-refractivity contribution in [2.45, 2.75) is 8.42 Å². The van der Waals surface area contributed by atoms with Gasteiger partial charge in [-0.2, -0.15) is 0 Å². The molecule has 1 aliphatic rings. The molecular formula is C8H4S4Si. The molecule has 0 fully saturated rings. The van der Waals surface area contributed by atoms with Crippen LogP contribution in [0.3, 0.4) is 0 Å². The molecule has 1 aliphatic heterocycles. The first-order valence-corrected chi connectivity index (χ1v) is 7.20. The fraction of sp³-hybridized carbons (Fsp3) is 0. The van der Waals surface area contributed by atoms with E-state index in [2.05, 4.69) is 37.4 Å². The summed E-state index contributed by atoms with van der Waals surface area (Å²) >= 11 is 12.3. The monoisotopic (exact) mass is 256 g/mol. The summed E-state index contributed by atoms with van der Waals surface area (Å²) in [6.07, 6.45) is 0. The van der Waals surface area contributed by atoms with Crippen molar-refractivity contribution < 1.29 is 0 Å². The van der Waals surface area contributed by atoms with Crippen LogP contribution in [-0.2, 0) is 0 Å². The van der Waals surface area contributed by atoms with E-state index in [1.807, 2.05) is 0 Å². The number of fused-ring (bicyclic) bond motifs is 3. The molecule has 2 aromatic heterocycles. The summed E-state index contributed by atoms with van der Waals surface area (Å²) < 4.78 is 2.24. The van der Waals surface area contributed by atoms with Gasteiger partial charge < -0.3 is 0 Å². The normalized spacial score (nSPS) is 13.1. The number of hydrogen-bond acceptors (Lipinski definition) is 4. The van der Waals surface area contributed by atoms with Crippen molar-refractivity contribution in [1.29, 1.82) is 0 Å². The standard InChI is InChI=1S/C8H4S4Si/c9-5-1-3-7(11-5)8-4(13-3)2-6(10)12-8/h1-2,9-10H. The lowest BCUT2D eigenvalue weighted by atomic mass is 10.4. The van der Waals surface area contributed by atoms with E-state index in [1.54, 1.807) is 22.7 Å². The lowest BCUT2D eigenvalue weighted by Crippen LogP contribution is -2.18. The molecule has 0 aliphatic carbocycles. The molecule has 2 aromatic rings. The van der Waals surface area contributed by atoms with Crippen LogP contribution in [0.15, 0.2) is 20.6 Å². The van der Waals surface area contributed by atoms with Crippen LogP contribution in [-0.4, -0.2) is 9.52 Å². The molecule has 0 saturated carbocycles. The van der Waals surface area contributed by atoms with Gasteiger partial charge in [-0.15, -0.1) is 47.9 Å². The fourth-order valence-corrected chi connectivity index (χ4v) is 6.44. The third kappa shape index (κ3) is 1.26. The molecule has 0 nitrogen and oxygen atoms in total. The van der Waals surface area contributed by atoms with E-state index in [9.17, 15) is 0 Å². The van der Waals surface area contributed by atoms with E-state index in [-0.39, 0.29) is 0 Å². The average Bonchev–Trinajstić information content (AvgIpc) is 2.60. The summed E-state index contributed by atoms with van der Waals surface area (Å²) in [5.74, 6) is 0. The average molecular weight is 256 g/mol. The van der Waals surface area contributed by atoms with Gasteiger partial charge in [-0.1, -0.05) is 0 Å². The second kappa shape index (κ2) is 2.90. The maximum atomic E-state index is 4.37. The zero-order valence-corrected chi connectivity index (χ0v) is 10.8. The van der Waals surface area contributed by atoms with Crippen molar-refractivity contribution in [1.82, 2.24) is 0 Å². The molecule has 3 rings (SSSR count).